The van der Waals surface area contributed by atoms with E-state index >= 15 is 0 Å². The highest BCUT2D eigenvalue weighted by Gasteiger charge is 2.23. The van der Waals surface area contributed by atoms with Crippen LogP contribution in [0.2, 0.25) is 0 Å². The molecule has 1 heterocycles. The second kappa shape index (κ2) is 6.38. The summed E-state index contributed by atoms with van der Waals surface area (Å²) >= 11 is 0. The average molecular weight is 288 g/mol. The minimum Gasteiger partial charge on any atom is -0.479 e. The van der Waals surface area contributed by atoms with E-state index in [1.54, 1.807) is 30.3 Å². The first-order valence-electron chi connectivity index (χ1n) is 6.01. The van der Waals surface area contributed by atoms with Crippen LogP contribution < -0.4 is 10.6 Å². The number of rotatable bonds is 4. The van der Waals surface area contributed by atoms with Crippen molar-refractivity contribution >= 4 is 17.9 Å². The maximum Gasteiger partial charge on any atom is 0.330 e. The fraction of sp³-hybridized carbons (Fsp3) is 0.0714. The van der Waals surface area contributed by atoms with Gasteiger partial charge in [0.2, 0.25) is 0 Å². The third-order valence-corrected chi connectivity index (χ3v) is 2.63. The van der Waals surface area contributed by atoms with Crippen LogP contribution in [0, 0.1) is 0 Å². The lowest BCUT2D eigenvalue weighted by Gasteiger charge is -2.14. The van der Waals surface area contributed by atoms with Crippen molar-refractivity contribution in [2.75, 3.05) is 0 Å². The molecule has 2 rings (SSSR count). The van der Waals surface area contributed by atoms with Crippen LogP contribution in [-0.2, 0) is 4.79 Å². The summed E-state index contributed by atoms with van der Waals surface area (Å²) in [6, 6.07) is 8.86. The number of hydrogen-bond donors (Lipinski definition) is 3. The number of imide groups is 1. The van der Waals surface area contributed by atoms with Crippen LogP contribution >= 0.6 is 0 Å². The van der Waals surface area contributed by atoms with E-state index in [0.717, 1.165) is 0 Å². The molecule has 7 heteroatoms. The molecule has 0 radical (unpaired) electrons. The van der Waals surface area contributed by atoms with Crippen LogP contribution in [0.25, 0.3) is 0 Å². The third-order valence-electron chi connectivity index (χ3n) is 2.63. The van der Waals surface area contributed by atoms with Gasteiger partial charge in [-0.05, 0) is 17.7 Å². The van der Waals surface area contributed by atoms with Gasteiger partial charge in [-0.2, -0.15) is 0 Å². The van der Waals surface area contributed by atoms with E-state index in [1.807, 2.05) is 5.32 Å². The number of urea groups is 1. The maximum atomic E-state index is 11.7. The maximum absolute atomic E-state index is 11.7. The van der Waals surface area contributed by atoms with Crippen LogP contribution in [0.3, 0.4) is 0 Å². The molecular weight excluding hydrogens is 276 g/mol. The number of aliphatic carboxylic acids is 1. The molecule has 108 valence electrons. The van der Waals surface area contributed by atoms with E-state index < -0.39 is 23.9 Å². The first-order valence-corrected chi connectivity index (χ1v) is 6.01. The molecule has 0 aliphatic rings. The van der Waals surface area contributed by atoms with Crippen LogP contribution in [0.5, 0.6) is 0 Å². The molecule has 3 amide bonds. The zero-order valence-electron chi connectivity index (χ0n) is 10.8. The summed E-state index contributed by atoms with van der Waals surface area (Å²) in [6.45, 7) is 0. The van der Waals surface area contributed by atoms with Gasteiger partial charge in [0.05, 0.1) is 6.26 Å². The Kier molecular flexibility index (Phi) is 4.35. The summed E-state index contributed by atoms with van der Waals surface area (Å²) in [7, 11) is 0. The summed E-state index contributed by atoms with van der Waals surface area (Å²) in [5.41, 5.74) is 0.394. The number of nitrogens with one attached hydrogen (secondary N) is 2. The molecule has 3 N–H and O–H groups in total. The Morgan fingerprint density at radius 2 is 1.76 bits per heavy atom. The van der Waals surface area contributed by atoms with Crippen molar-refractivity contribution in [1.82, 2.24) is 10.6 Å². The lowest BCUT2D eigenvalue weighted by molar-refractivity contribution is -0.139. The Bertz CT molecular complexity index is 637. The molecule has 0 aliphatic heterocycles. The Morgan fingerprint density at radius 3 is 2.33 bits per heavy atom. The molecule has 1 aromatic heterocycles. The third kappa shape index (κ3) is 3.69. The number of hydrogen-bond acceptors (Lipinski definition) is 4. The van der Waals surface area contributed by atoms with E-state index in [4.69, 9.17) is 9.52 Å². The fourth-order valence-corrected chi connectivity index (χ4v) is 1.67. The van der Waals surface area contributed by atoms with Gasteiger partial charge in [-0.1, -0.05) is 30.3 Å². The Morgan fingerprint density at radius 1 is 1.05 bits per heavy atom. The quantitative estimate of drug-likeness (QED) is 0.790. The molecule has 21 heavy (non-hydrogen) atoms. The van der Waals surface area contributed by atoms with Crippen molar-refractivity contribution in [3.63, 3.8) is 0 Å². The molecule has 2 aromatic rings. The minimum absolute atomic E-state index is 0.0447. The van der Waals surface area contributed by atoms with Gasteiger partial charge in [0.15, 0.2) is 11.8 Å². The van der Waals surface area contributed by atoms with Gasteiger partial charge in [0.1, 0.15) is 0 Å². The first-order chi connectivity index (χ1) is 10.1. The van der Waals surface area contributed by atoms with Gasteiger partial charge in [0, 0.05) is 0 Å². The van der Waals surface area contributed by atoms with E-state index in [1.165, 1.54) is 18.4 Å². The summed E-state index contributed by atoms with van der Waals surface area (Å²) in [5, 5.41) is 13.4. The number of carboxylic acid groups (broad SMARTS) is 1. The lowest BCUT2D eigenvalue weighted by Crippen LogP contribution is -2.43. The molecule has 1 atom stereocenters. The number of furan rings is 1. The largest absolute Gasteiger partial charge is 0.479 e. The molecule has 0 fully saturated rings. The molecule has 0 saturated carbocycles. The van der Waals surface area contributed by atoms with E-state index in [0.29, 0.717) is 5.56 Å². The van der Waals surface area contributed by atoms with E-state index in [-0.39, 0.29) is 5.76 Å². The summed E-state index contributed by atoms with van der Waals surface area (Å²) in [6.07, 6.45) is 1.29. The van der Waals surface area contributed by atoms with Crippen molar-refractivity contribution in [1.29, 1.82) is 0 Å². The molecular formula is C14H12N2O5. The monoisotopic (exact) mass is 288 g/mol. The second-order valence-electron chi connectivity index (χ2n) is 4.09. The topological polar surface area (TPSA) is 109 Å². The predicted octanol–water partition coefficient (Wildman–Crippen LogP) is 1.54. The van der Waals surface area contributed by atoms with Crippen molar-refractivity contribution in [2.24, 2.45) is 0 Å². The fourth-order valence-electron chi connectivity index (χ4n) is 1.67. The van der Waals surface area contributed by atoms with E-state index in [2.05, 4.69) is 5.32 Å². The number of carboxylic acids is 1. The van der Waals surface area contributed by atoms with Crippen LogP contribution in [-0.4, -0.2) is 23.0 Å². The standard InChI is InChI=1S/C14H12N2O5/c17-12(10-7-4-8-21-10)16-14(20)15-11(13(18)19)9-5-2-1-3-6-9/h1-8,11H,(H,18,19)(H2,15,16,17,20)/t11-/m1/s1. The summed E-state index contributed by atoms with van der Waals surface area (Å²) < 4.78 is 4.82. The zero-order valence-corrected chi connectivity index (χ0v) is 10.8. The number of carbonyl (C=O) groups excluding carboxylic acids is 2. The molecule has 0 unspecified atom stereocenters. The number of carbonyl (C=O) groups is 3. The normalized spacial score (nSPS) is 11.4. The molecule has 7 nitrogen and oxygen atoms in total. The van der Waals surface area contributed by atoms with Crippen molar-refractivity contribution in [3.8, 4) is 0 Å². The van der Waals surface area contributed by atoms with Gasteiger partial charge in [-0.15, -0.1) is 0 Å². The number of amides is 3. The van der Waals surface area contributed by atoms with Crippen molar-refractivity contribution in [3.05, 3.63) is 60.1 Å². The molecule has 0 aliphatic carbocycles. The van der Waals surface area contributed by atoms with Crippen molar-refractivity contribution in [2.45, 2.75) is 6.04 Å². The minimum atomic E-state index is -1.25. The summed E-state index contributed by atoms with van der Waals surface area (Å²) in [4.78, 5) is 34.5. The summed E-state index contributed by atoms with van der Waals surface area (Å²) in [5.74, 6) is -2.03. The van der Waals surface area contributed by atoms with Gasteiger partial charge >= 0.3 is 12.0 Å². The lowest BCUT2D eigenvalue weighted by atomic mass is 10.1. The average Bonchev–Trinajstić information content (AvgIpc) is 2.99. The molecule has 0 saturated heterocycles. The van der Waals surface area contributed by atoms with Gasteiger partial charge in [-0.3, -0.25) is 10.1 Å². The van der Waals surface area contributed by atoms with Crippen LogP contribution in [0.4, 0.5) is 4.79 Å². The van der Waals surface area contributed by atoms with Crippen LogP contribution in [0.15, 0.2) is 53.1 Å². The molecule has 0 spiro atoms. The van der Waals surface area contributed by atoms with Gasteiger partial charge < -0.3 is 14.8 Å². The SMILES string of the molecule is O=C(NC(=O)c1ccco1)N[C@@H](C(=O)O)c1ccccc1. The molecule has 0 bridgehead atoms. The zero-order chi connectivity index (χ0) is 15.2. The van der Waals surface area contributed by atoms with E-state index in [9.17, 15) is 14.4 Å². The van der Waals surface area contributed by atoms with Crippen LogP contribution in [0.1, 0.15) is 22.2 Å². The first kappa shape index (κ1) is 14.3. The Balaban J connectivity index is 2.03. The highest BCUT2D eigenvalue weighted by molar-refractivity contribution is 6.03. The second-order valence-corrected chi connectivity index (χ2v) is 4.09. The predicted molar refractivity (Wildman–Crippen MR) is 71.5 cm³/mol. The van der Waals surface area contributed by atoms with Gasteiger partial charge in [0.25, 0.3) is 5.91 Å². The highest BCUT2D eigenvalue weighted by Crippen LogP contribution is 2.12. The number of benzene rings is 1. The highest BCUT2D eigenvalue weighted by atomic mass is 16.4. The Labute approximate surface area is 119 Å². The molecule has 1 aromatic carbocycles. The van der Waals surface area contributed by atoms with Gasteiger partial charge in [-0.25, -0.2) is 9.59 Å². The smallest absolute Gasteiger partial charge is 0.330 e. The van der Waals surface area contributed by atoms with Crippen molar-refractivity contribution < 1.29 is 23.9 Å². The Hall–Kier alpha value is -3.09.